The van der Waals surface area contributed by atoms with E-state index >= 15 is 0 Å². The monoisotopic (exact) mass is 272 g/mol. The fourth-order valence-corrected chi connectivity index (χ4v) is 2.07. The number of amides is 1. The van der Waals surface area contributed by atoms with E-state index < -0.39 is 0 Å². The SMILES string of the molecule is Cc1cc(N)ccc1C(=O)N(C)Cc1ccc(F)cc1. The van der Waals surface area contributed by atoms with Crippen molar-refractivity contribution in [1.82, 2.24) is 4.90 Å². The van der Waals surface area contributed by atoms with Crippen molar-refractivity contribution < 1.29 is 9.18 Å². The number of carbonyl (C=O) groups excluding carboxylic acids is 1. The summed E-state index contributed by atoms with van der Waals surface area (Å²) in [6, 6.07) is 11.4. The Morgan fingerprint density at radius 1 is 1.20 bits per heavy atom. The first-order valence-corrected chi connectivity index (χ1v) is 6.33. The molecule has 0 aromatic heterocycles. The van der Waals surface area contributed by atoms with Crippen LogP contribution in [0, 0.1) is 12.7 Å². The predicted octanol–water partition coefficient (Wildman–Crippen LogP) is 2.99. The second-order valence-electron chi connectivity index (χ2n) is 4.86. The largest absolute Gasteiger partial charge is 0.399 e. The van der Waals surface area contributed by atoms with Crippen LogP contribution in [0.25, 0.3) is 0 Å². The molecule has 104 valence electrons. The Kier molecular flexibility index (Phi) is 4.03. The Morgan fingerprint density at radius 3 is 2.45 bits per heavy atom. The van der Waals surface area contributed by atoms with Gasteiger partial charge < -0.3 is 10.6 Å². The molecule has 0 heterocycles. The van der Waals surface area contributed by atoms with Crippen LogP contribution in [0.5, 0.6) is 0 Å². The van der Waals surface area contributed by atoms with Gasteiger partial charge in [-0.05, 0) is 48.4 Å². The molecule has 0 unspecified atom stereocenters. The number of rotatable bonds is 3. The number of benzene rings is 2. The second-order valence-corrected chi connectivity index (χ2v) is 4.86. The van der Waals surface area contributed by atoms with Crippen LogP contribution in [0.2, 0.25) is 0 Å². The van der Waals surface area contributed by atoms with Gasteiger partial charge in [-0.2, -0.15) is 0 Å². The van der Waals surface area contributed by atoms with Crippen molar-refractivity contribution in [3.8, 4) is 0 Å². The number of hydrogen-bond donors (Lipinski definition) is 1. The number of nitrogens with two attached hydrogens (primary N) is 1. The minimum Gasteiger partial charge on any atom is -0.399 e. The smallest absolute Gasteiger partial charge is 0.254 e. The molecule has 0 radical (unpaired) electrons. The number of nitrogens with zero attached hydrogens (tertiary/aromatic N) is 1. The second kappa shape index (κ2) is 5.74. The highest BCUT2D eigenvalue weighted by molar-refractivity contribution is 5.95. The van der Waals surface area contributed by atoms with Gasteiger partial charge in [0.2, 0.25) is 0 Å². The molecule has 0 aliphatic rings. The van der Waals surface area contributed by atoms with Gasteiger partial charge in [0.1, 0.15) is 5.82 Å². The first-order valence-electron chi connectivity index (χ1n) is 6.33. The van der Waals surface area contributed by atoms with Gasteiger partial charge in [-0.15, -0.1) is 0 Å². The van der Waals surface area contributed by atoms with E-state index in [1.54, 1.807) is 42.3 Å². The van der Waals surface area contributed by atoms with Gasteiger partial charge in [0.25, 0.3) is 5.91 Å². The Morgan fingerprint density at radius 2 is 1.85 bits per heavy atom. The molecule has 2 aromatic carbocycles. The van der Waals surface area contributed by atoms with E-state index in [9.17, 15) is 9.18 Å². The predicted molar refractivity (Wildman–Crippen MR) is 77.8 cm³/mol. The Bertz CT molecular complexity index is 623. The van der Waals surface area contributed by atoms with Crippen LogP contribution in [0.3, 0.4) is 0 Å². The van der Waals surface area contributed by atoms with E-state index in [2.05, 4.69) is 0 Å². The summed E-state index contributed by atoms with van der Waals surface area (Å²) in [4.78, 5) is 14.0. The van der Waals surface area contributed by atoms with E-state index in [4.69, 9.17) is 5.73 Å². The minimum atomic E-state index is -0.280. The summed E-state index contributed by atoms with van der Waals surface area (Å²) in [6.07, 6.45) is 0. The summed E-state index contributed by atoms with van der Waals surface area (Å²) in [6.45, 7) is 2.29. The van der Waals surface area contributed by atoms with Crippen molar-refractivity contribution >= 4 is 11.6 Å². The molecule has 0 bridgehead atoms. The fraction of sp³-hybridized carbons (Fsp3) is 0.188. The molecule has 0 fully saturated rings. The van der Waals surface area contributed by atoms with Crippen LogP contribution < -0.4 is 5.73 Å². The fourth-order valence-electron chi connectivity index (χ4n) is 2.07. The first kappa shape index (κ1) is 14.1. The molecular formula is C16H17FN2O. The molecular weight excluding hydrogens is 255 g/mol. The van der Waals surface area contributed by atoms with E-state index in [1.165, 1.54) is 12.1 Å². The van der Waals surface area contributed by atoms with Crippen LogP contribution in [0.15, 0.2) is 42.5 Å². The molecule has 2 aromatic rings. The minimum absolute atomic E-state index is 0.0770. The highest BCUT2D eigenvalue weighted by Gasteiger charge is 2.14. The van der Waals surface area contributed by atoms with Gasteiger partial charge in [0, 0.05) is 24.8 Å². The average Bonchev–Trinajstić information content (AvgIpc) is 2.40. The van der Waals surface area contributed by atoms with Gasteiger partial charge in [0.15, 0.2) is 0 Å². The van der Waals surface area contributed by atoms with Crippen molar-refractivity contribution in [3.63, 3.8) is 0 Å². The van der Waals surface area contributed by atoms with Crippen molar-refractivity contribution in [2.24, 2.45) is 0 Å². The first-order chi connectivity index (χ1) is 9.47. The van der Waals surface area contributed by atoms with E-state index in [1.807, 2.05) is 6.92 Å². The molecule has 4 heteroatoms. The number of anilines is 1. The molecule has 0 saturated heterocycles. The summed E-state index contributed by atoms with van der Waals surface area (Å²) in [7, 11) is 1.72. The lowest BCUT2D eigenvalue weighted by molar-refractivity contribution is 0.0784. The zero-order valence-corrected chi connectivity index (χ0v) is 11.6. The number of hydrogen-bond acceptors (Lipinski definition) is 2. The lowest BCUT2D eigenvalue weighted by atomic mass is 10.1. The highest BCUT2D eigenvalue weighted by atomic mass is 19.1. The maximum atomic E-state index is 12.8. The van der Waals surface area contributed by atoms with Crippen LogP contribution in [0.1, 0.15) is 21.5 Å². The van der Waals surface area contributed by atoms with E-state index in [-0.39, 0.29) is 11.7 Å². The molecule has 1 amide bonds. The quantitative estimate of drug-likeness (QED) is 0.873. The summed E-state index contributed by atoms with van der Waals surface area (Å²) in [5.74, 6) is -0.357. The average molecular weight is 272 g/mol. The summed E-state index contributed by atoms with van der Waals surface area (Å²) >= 11 is 0. The lowest BCUT2D eigenvalue weighted by Crippen LogP contribution is -2.26. The topological polar surface area (TPSA) is 46.3 Å². The van der Waals surface area contributed by atoms with E-state index in [0.717, 1.165) is 11.1 Å². The Balaban J connectivity index is 2.14. The van der Waals surface area contributed by atoms with Crippen LogP contribution in [-0.4, -0.2) is 17.9 Å². The molecule has 2 N–H and O–H groups in total. The van der Waals surface area contributed by atoms with Crippen molar-refractivity contribution in [2.45, 2.75) is 13.5 Å². The van der Waals surface area contributed by atoms with Gasteiger partial charge in [-0.25, -0.2) is 4.39 Å². The number of aryl methyl sites for hydroxylation is 1. The molecule has 2 rings (SSSR count). The maximum Gasteiger partial charge on any atom is 0.254 e. The molecule has 0 saturated carbocycles. The van der Waals surface area contributed by atoms with Gasteiger partial charge in [-0.3, -0.25) is 4.79 Å². The summed E-state index contributed by atoms with van der Waals surface area (Å²) in [5, 5.41) is 0. The maximum absolute atomic E-state index is 12.8. The summed E-state index contributed by atoms with van der Waals surface area (Å²) in [5.41, 5.74) is 8.68. The van der Waals surface area contributed by atoms with E-state index in [0.29, 0.717) is 17.8 Å². The number of halogens is 1. The molecule has 0 spiro atoms. The normalized spacial score (nSPS) is 10.3. The molecule has 20 heavy (non-hydrogen) atoms. The summed E-state index contributed by atoms with van der Waals surface area (Å²) < 4.78 is 12.8. The van der Waals surface area contributed by atoms with Crippen LogP contribution >= 0.6 is 0 Å². The molecule has 0 aliphatic heterocycles. The van der Waals surface area contributed by atoms with Crippen LogP contribution in [-0.2, 0) is 6.54 Å². The Hall–Kier alpha value is -2.36. The van der Waals surface area contributed by atoms with Crippen molar-refractivity contribution in [1.29, 1.82) is 0 Å². The third-order valence-electron chi connectivity index (χ3n) is 3.16. The third-order valence-corrected chi connectivity index (χ3v) is 3.16. The third kappa shape index (κ3) is 3.15. The van der Waals surface area contributed by atoms with Crippen LogP contribution in [0.4, 0.5) is 10.1 Å². The highest BCUT2D eigenvalue weighted by Crippen LogP contribution is 2.15. The number of nitrogen functional groups attached to an aromatic ring is 1. The van der Waals surface area contributed by atoms with Crippen molar-refractivity contribution in [3.05, 3.63) is 65.0 Å². The van der Waals surface area contributed by atoms with Gasteiger partial charge >= 0.3 is 0 Å². The Labute approximate surface area is 117 Å². The lowest BCUT2D eigenvalue weighted by Gasteiger charge is -2.18. The molecule has 0 atom stereocenters. The van der Waals surface area contributed by atoms with Gasteiger partial charge in [0.05, 0.1) is 0 Å². The standard InChI is InChI=1S/C16H17FN2O/c1-11-9-14(18)7-8-15(11)16(20)19(2)10-12-3-5-13(17)6-4-12/h3-9H,10,18H2,1-2H3. The zero-order valence-electron chi connectivity index (χ0n) is 11.6. The van der Waals surface area contributed by atoms with Gasteiger partial charge in [-0.1, -0.05) is 12.1 Å². The molecule has 0 aliphatic carbocycles. The number of carbonyl (C=O) groups is 1. The molecule has 3 nitrogen and oxygen atoms in total. The van der Waals surface area contributed by atoms with Crippen molar-refractivity contribution in [2.75, 3.05) is 12.8 Å². The zero-order chi connectivity index (χ0) is 14.7.